The van der Waals surface area contributed by atoms with E-state index >= 15 is 0 Å². The van der Waals surface area contributed by atoms with E-state index in [9.17, 15) is 9.90 Å². The number of hydrogen-bond acceptors (Lipinski definition) is 5. The van der Waals surface area contributed by atoms with E-state index in [4.69, 9.17) is 10.2 Å². The summed E-state index contributed by atoms with van der Waals surface area (Å²) < 4.78 is 0. The normalized spacial score (nSPS) is 11.8. The van der Waals surface area contributed by atoms with Crippen LogP contribution in [0.5, 0.6) is 0 Å². The van der Waals surface area contributed by atoms with Gasteiger partial charge < -0.3 is 25.4 Å². The molecule has 0 aromatic rings. The summed E-state index contributed by atoms with van der Waals surface area (Å²) in [6.45, 7) is 0.126. The molecule has 0 aliphatic rings. The summed E-state index contributed by atoms with van der Waals surface area (Å²) in [6, 6.07) is 0. The van der Waals surface area contributed by atoms with Gasteiger partial charge in [0.15, 0.2) is 0 Å². The zero-order valence-electron chi connectivity index (χ0n) is 7.12. The number of rotatable bonds is 6. The van der Waals surface area contributed by atoms with Gasteiger partial charge in [0.1, 0.15) is 0 Å². The van der Waals surface area contributed by atoms with Crippen LogP contribution in [-0.4, -0.2) is 42.0 Å². The van der Waals surface area contributed by atoms with Crippen LogP contribution in [0.2, 0.25) is 0 Å². The molecule has 0 amide bonds. The van der Waals surface area contributed by atoms with Crippen molar-refractivity contribution in [2.75, 3.05) is 19.7 Å². The molecule has 0 fully saturated rings. The SMILES string of the molecule is O=C([O-])CCNCC(O)CO.[Na+]. The summed E-state index contributed by atoms with van der Waals surface area (Å²) >= 11 is 0. The Morgan fingerprint density at radius 2 is 2.17 bits per heavy atom. The number of aliphatic hydroxyl groups is 2. The third-order valence-electron chi connectivity index (χ3n) is 1.10. The molecule has 0 heterocycles. The van der Waals surface area contributed by atoms with Crippen molar-refractivity contribution in [3.05, 3.63) is 0 Å². The zero-order valence-corrected chi connectivity index (χ0v) is 9.12. The van der Waals surface area contributed by atoms with Crippen molar-refractivity contribution < 1.29 is 49.7 Å². The Balaban J connectivity index is 0. The average Bonchev–Trinajstić information content (AvgIpc) is 1.97. The van der Waals surface area contributed by atoms with Gasteiger partial charge in [0.2, 0.25) is 0 Å². The van der Waals surface area contributed by atoms with Gasteiger partial charge in [-0.3, -0.25) is 0 Å². The first kappa shape index (κ1) is 14.9. The molecule has 1 unspecified atom stereocenters. The van der Waals surface area contributed by atoms with Crippen molar-refractivity contribution in [2.45, 2.75) is 12.5 Å². The predicted octanol–water partition coefficient (Wildman–Crippen LogP) is -5.93. The minimum Gasteiger partial charge on any atom is -0.550 e. The first-order valence-corrected chi connectivity index (χ1v) is 3.36. The van der Waals surface area contributed by atoms with Crippen LogP contribution >= 0.6 is 0 Å². The number of aliphatic carboxylic acids is 1. The second kappa shape index (κ2) is 9.44. The van der Waals surface area contributed by atoms with Crippen LogP contribution in [0.3, 0.4) is 0 Å². The van der Waals surface area contributed by atoms with Crippen LogP contribution in [0, 0.1) is 0 Å². The van der Waals surface area contributed by atoms with Crippen molar-refractivity contribution >= 4 is 5.97 Å². The van der Waals surface area contributed by atoms with Gasteiger partial charge in [-0.2, -0.15) is 0 Å². The third kappa shape index (κ3) is 10.3. The van der Waals surface area contributed by atoms with E-state index in [1.807, 2.05) is 0 Å². The Bertz CT molecular complexity index is 122. The summed E-state index contributed by atoms with van der Waals surface area (Å²) in [6.07, 6.45) is -0.908. The van der Waals surface area contributed by atoms with E-state index in [0.717, 1.165) is 0 Å². The molecule has 0 bridgehead atoms. The zero-order chi connectivity index (χ0) is 8.69. The molecule has 0 radical (unpaired) electrons. The number of carbonyl (C=O) groups is 1. The fraction of sp³-hybridized carbons (Fsp3) is 0.833. The summed E-state index contributed by atoms with van der Waals surface area (Å²) in [5.74, 6) is -1.13. The molecule has 3 N–H and O–H groups in total. The number of carboxylic acids is 1. The third-order valence-corrected chi connectivity index (χ3v) is 1.10. The molecular formula is C6H12NNaO4. The molecule has 6 heteroatoms. The standard InChI is InChI=1S/C6H13NO4.Na/c8-4-5(9)3-7-2-1-6(10)11;/h5,7-9H,1-4H2,(H,10,11);/q;+1/p-1. The van der Waals surface area contributed by atoms with Gasteiger partial charge in [-0.05, 0) is 6.42 Å². The molecular weight excluding hydrogens is 173 g/mol. The Hall–Kier alpha value is 0.350. The van der Waals surface area contributed by atoms with E-state index in [1.54, 1.807) is 0 Å². The maximum atomic E-state index is 9.85. The van der Waals surface area contributed by atoms with E-state index in [2.05, 4.69) is 5.32 Å². The van der Waals surface area contributed by atoms with Crippen LogP contribution in [0.15, 0.2) is 0 Å². The quantitative estimate of drug-likeness (QED) is 0.283. The fourth-order valence-electron chi connectivity index (χ4n) is 0.524. The minimum atomic E-state index is -1.13. The van der Waals surface area contributed by atoms with Crippen molar-refractivity contribution in [3.8, 4) is 0 Å². The van der Waals surface area contributed by atoms with Crippen molar-refractivity contribution in [1.82, 2.24) is 5.32 Å². The van der Waals surface area contributed by atoms with Crippen LogP contribution < -0.4 is 40.0 Å². The molecule has 66 valence electrons. The Morgan fingerprint density at radius 1 is 1.58 bits per heavy atom. The Labute approximate surface area is 93.1 Å². The Kier molecular flexibility index (Phi) is 11.7. The van der Waals surface area contributed by atoms with Crippen molar-refractivity contribution in [1.29, 1.82) is 0 Å². The van der Waals surface area contributed by atoms with Crippen molar-refractivity contribution in [3.63, 3.8) is 0 Å². The molecule has 12 heavy (non-hydrogen) atoms. The van der Waals surface area contributed by atoms with Gasteiger partial charge in [-0.25, -0.2) is 0 Å². The minimum absolute atomic E-state index is 0. The second-order valence-corrected chi connectivity index (χ2v) is 2.16. The van der Waals surface area contributed by atoms with E-state index in [0.29, 0.717) is 0 Å². The molecule has 0 aromatic heterocycles. The van der Waals surface area contributed by atoms with Gasteiger partial charge in [0.25, 0.3) is 0 Å². The molecule has 0 aliphatic heterocycles. The summed E-state index contributed by atoms with van der Waals surface area (Å²) in [5, 5.41) is 29.6. The van der Waals surface area contributed by atoms with Crippen molar-refractivity contribution in [2.24, 2.45) is 0 Å². The van der Waals surface area contributed by atoms with Crippen LogP contribution in [0.1, 0.15) is 6.42 Å². The number of hydrogen-bond donors (Lipinski definition) is 3. The van der Waals surface area contributed by atoms with Gasteiger partial charge in [0.05, 0.1) is 12.7 Å². The Morgan fingerprint density at radius 3 is 2.58 bits per heavy atom. The van der Waals surface area contributed by atoms with Gasteiger partial charge in [0, 0.05) is 19.1 Å². The fourth-order valence-corrected chi connectivity index (χ4v) is 0.524. The first-order chi connectivity index (χ1) is 5.16. The van der Waals surface area contributed by atoms with Gasteiger partial charge in [-0.1, -0.05) is 0 Å². The molecule has 0 rings (SSSR count). The summed E-state index contributed by atoms with van der Waals surface area (Å²) in [5.41, 5.74) is 0. The maximum absolute atomic E-state index is 9.85. The summed E-state index contributed by atoms with van der Waals surface area (Å²) in [7, 11) is 0. The van der Waals surface area contributed by atoms with Gasteiger partial charge >= 0.3 is 29.6 Å². The smallest absolute Gasteiger partial charge is 0.550 e. The number of carbonyl (C=O) groups excluding carboxylic acids is 1. The largest absolute Gasteiger partial charge is 1.00 e. The molecule has 0 spiro atoms. The molecule has 0 saturated carbocycles. The molecule has 1 atom stereocenters. The maximum Gasteiger partial charge on any atom is 1.00 e. The average molecular weight is 185 g/mol. The van der Waals surface area contributed by atoms with Crippen LogP contribution in [-0.2, 0) is 4.79 Å². The van der Waals surface area contributed by atoms with Crippen LogP contribution in [0.25, 0.3) is 0 Å². The number of aliphatic hydroxyl groups excluding tert-OH is 2. The molecule has 0 aliphatic carbocycles. The topological polar surface area (TPSA) is 92.6 Å². The molecule has 0 saturated heterocycles. The van der Waals surface area contributed by atoms with E-state index in [1.165, 1.54) is 0 Å². The number of nitrogens with one attached hydrogen (secondary N) is 1. The molecule has 0 aromatic carbocycles. The summed E-state index contributed by atoms with van der Waals surface area (Å²) in [4.78, 5) is 9.85. The molecule has 5 nitrogen and oxygen atoms in total. The second-order valence-electron chi connectivity index (χ2n) is 2.16. The van der Waals surface area contributed by atoms with E-state index in [-0.39, 0.29) is 55.7 Å². The number of carboxylic acid groups (broad SMARTS) is 1. The first-order valence-electron chi connectivity index (χ1n) is 3.36. The van der Waals surface area contributed by atoms with Gasteiger partial charge in [-0.15, -0.1) is 0 Å². The van der Waals surface area contributed by atoms with Crippen LogP contribution in [0.4, 0.5) is 0 Å². The monoisotopic (exact) mass is 185 g/mol. The predicted molar refractivity (Wildman–Crippen MR) is 35.6 cm³/mol. The van der Waals surface area contributed by atoms with E-state index < -0.39 is 12.1 Å².